The molecular weight excluding hydrogens is 305 g/mol. The fourth-order valence-corrected chi connectivity index (χ4v) is 2.80. The molecule has 0 fully saturated rings. The van der Waals surface area contributed by atoms with Gasteiger partial charge >= 0.3 is 0 Å². The number of benzene rings is 1. The minimum atomic E-state index is -1.35. The summed E-state index contributed by atoms with van der Waals surface area (Å²) in [5.74, 6) is 0.0722. The summed E-state index contributed by atoms with van der Waals surface area (Å²) >= 11 is 0. The number of rotatable bonds is 4. The zero-order valence-corrected chi connectivity index (χ0v) is 13.5. The number of furan rings is 1. The standard InChI is InChI=1S/C16H18FNO3S/c1-16(2,3)18-15(19)14-9-6-12(21-14)10-22(20)13-7-4-11(17)5-8-13/h4-9H,10H2,1-3H3,(H,18,19). The molecule has 22 heavy (non-hydrogen) atoms. The summed E-state index contributed by atoms with van der Waals surface area (Å²) in [6.07, 6.45) is 0. The molecule has 4 nitrogen and oxygen atoms in total. The molecule has 118 valence electrons. The normalized spacial score (nSPS) is 12.9. The fourth-order valence-electron chi connectivity index (χ4n) is 1.78. The first-order valence-corrected chi connectivity index (χ1v) is 8.12. The van der Waals surface area contributed by atoms with Gasteiger partial charge in [-0.1, -0.05) is 0 Å². The molecular formula is C16H18FNO3S. The van der Waals surface area contributed by atoms with E-state index in [9.17, 15) is 13.4 Å². The number of carbonyl (C=O) groups is 1. The molecule has 1 unspecified atom stereocenters. The molecule has 1 atom stereocenters. The largest absolute Gasteiger partial charge is 0.455 e. The zero-order chi connectivity index (χ0) is 16.3. The van der Waals surface area contributed by atoms with Crippen molar-refractivity contribution in [1.29, 1.82) is 0 Å². The van der Waals surface area contributed by atoms with Crippen LogP contribution in [0, 0.1) is 5.82 Å². The average Bonchev–Trinajstić information content (AvgIpc) is 2.86. The van der Waals surface area contributed by atoms with E-state index in [1.807, 2.05) is 20.8 Å². The Hall–Kier alpha value is -1.95. The maximum absolute atomic E-state index is 12.8. The summed E-state index contributed by atoms with van der Waals surface area (Å²) in [6, 6.07) is 8.65. The summed E-state index contributed by atoms with van der Waals surface area (Å²) in [4.78, 5) is 12.5. The molecule has 2 rings (SSSR count). The molecule has 6 heteroatoms. The van der Waals surface area contributed by atoms with E-state index in [2.05, 4.69) is 5.32 Å². The van der Waals surface area contributed by atoms with E-state index in [0.29, 0.717) is 10.7 Å². The highest BCUT2D eigenvalue weighted by Gasteiger charge is 2.18. The molecule has 0 aliphatic rings. The van der Waals surface area contributed by atoms with Crippen LogP contribution in [-0.2, 0) is 16.6 Å². The summed E-state index contributed by atoms with van der Waals surface area (Å²) in [5, 5.41) is 2.79. The van der Waals surface area contributed by atoms with Gasteiger partial charge < -0.3 is 9.73 Å². The van der Waals surface area contributed by atoms with Crippen LogP contribution in [0.15, 0.2) is 45.7 Å². The van der Waals surface area contributed by atoms with Crippen LogP contribution in [0.4, 0.5) is 4.39 Å². The van der Waals surface area contributed by atoms with Crippen molar-refractivity contribution in [2.24, 2.45) is 0 Å². The van der Waals surface area contributed by atoms with Crippen molar-refractivity contribution >= 4 is 16.7 Å². The minimum Gasteiger partial charge on any atom is -0.455 e. The van der Waals surface area contributed by atoms with Crippen molar-refractivity contribution < 1.29 is 17.8 Å². The Bertz CT molecular complexity index is 686. The third kappa shape index (κ3) is 4.53. The van der Waals surface area contributed by atoms with Crippen molar-refractivity contribution in [3.8, 4) is 0 Å². The SMILES string of the molecule is CC(C)(C)NC(=O)c1ccc(CS(=O)c2ccc(F)cc2)o1. The Labute approximate surface area is 131 Å². The highest BCUT2D eigenvalue weighted by atomic mass is 32.2. The number of nitrogens with one attached hydrogen (secondary N) is 1. The van der Waals surface area contributed by atoms with E-state index in [1.165, 1.54) is 24.3 Å². The van der Waals surface area contributed by atoms with Gasteiger partial charge in [-0.15, -0.1) is 0 Å². The lowest BCUT2D eigenvalue weighted by Crippen LogP contribution is -2.40. The van der Waals surface area contributed by atoms with E-state index in [-0.39, 0.29) is 28.8 Å². The quantitative estimate of drug-likeness (QED) is 0.939. The smallest absolute Gasteiger partial charge is 0.287 e. The second-order valence-electron chi connectivity index (χ2n) is 5.91. The second-order valence-corrected chi connectivity index (χ2v) is 7.36. The van der Waals surface area contributed by atoms with Crippen molar-refractivity contribution in [2.45, 2.75) is 37.0 Å². The summed E-state index contributed by atoms with van der Waals surface area (Å²) in [7, 11) is -1.35. The fraction of sp³-hybridized carbons (Fsp3) is 0.312. The van der Waals surface area contributed by atoms with Crippen molar-refractivity contribution in [1.82, 2.24) is 5.32 Å². The Morgan fingerprint density at radius 1 is 1.18 bits per heavy atom. The van der Waals surface area contributed by atoms with Crippen molar-refractivity contribution in [3.63, 3.8) is 0 Å². The van der Waals surface area contributed by atoms with Gasteiger partial charge in [-0.25, -0.2) is 4.39 Å². The Balaban J connectivity index is 2.04. The molecule has 1 aromatic heterocycles. The van der Waals surface area contributed by atoms with Crippen LogP contribution in [0.5, 0.6) is 0 Å². The predicted octanol–water partition coefficient (Wildman–Crippen LogP) is 3.25. The monoisotopic (exact) mass is 323 g/mol. The average molecular weight is 323 g/mol. The lowest BCUT2D eigenvalue weighted by Gasteiger charge is -2.19. The first kappa shape index (κ1) is 16.4. The lowest BCUT2D eigenvalue weighted by atomic mass is 10.1. The summed E-state index contributed by atoms with van der Waals surface area (Å²) in [5.41, 5.74) is -0.360. The Kier molecular flexibility index (Phi) is 4.81. The van der Waals surface area contributed by atoms with Gasteiger partial charge in [-0.05, 0) is 57.2 Å². The first-order chi connectivity index (χ1) is 10.2. The van der Waals surface area contributed by atoms with Crippen LogP contribution in [0.25, 0.3) is 0 Å². The van der Waals surface area contributed by atoms with Gasteiger partial charge in [0.1, 0.15) is 11.6 Å². The van der Waals surface area contributed by atoms with Crippen molar-refractivity contribution in [2.75, 3.05) is 0 Å². The van der Waals surface area contributed by atoms with Crippen LogP contribution in [0.2, 0.25) is 0 Å². The van der Waals surface area contributed by atoms with Gasteiger partial charge in [-0.3, -0.25) is 9.00 Å². The van der Waals surface area contributed by atoms with E-state index < -0.39 is 10.8 Å². The lowest BCUT2D eigenvalue weighted by molar-refractivity contribution is 0.0889. The first-order valence-electron chi connectivity index (χ1n) is 6.80. The van der Waals surface area contributed by atoms with Gasteiger partial charge in [0.05, 0.1) is 16.6 Å². The van der Waals surface area contributed by atoms with Crippen LogP contribution in [-0.4, -0.2) is 15.7 Å². The molecule has 1 aromatic carbocycles. The molecule has 1 amide bonds. The summed E-state index contributed by atoms with van der Waals surface area (Å²) in [6.45, 7) is 5.62. The maximum Gasteiger partial charge on any atom is 0.287 e. The highest BCUT2D eigenvalue weighted by molar-refractivity contribution is 7.84. The van der Waals surface area contributed by atoms with Gasteiger partial charge in [0.15, 0.2) is 5.76 Å². The van der Waals surface area contributed by atoms with E-state index in [0.717, 1.165) is 0 Å². The third-order valence-electron chi connectivity index (χ3n) is 2.72. The van der Waals surface area contributed by atoms with Gasteiger partial charge in [-0.2, -0.15) is 0 Å². The third-order valence-corrected chi connectivity index (χ3v) is 4.07. The summed E-state index contributed by atoms with van der Waals surface area (Å²) < 4.78 is 30.4. The number of hydrogen-bond acceptors (Lipinski definition) is 3. The van der Waals surface area contributed by atoms with Gasteiger partial charge in [0, 0.05) is 10.4 Å². The van der Waals surface area contributed by atoms with Gasteiger partial charge in [0.2, 0.25) is 0 Å². The Morgan fingerprint density at radius 3 is 2.41 bits per heavy atom. The number of hydrogen-bond donors (Lipinski definition) is 1. The minimum absolute atomic E-state index is 0.133. The molecule has 0 aliphatic carbocycles. The van der Waals surface area contributed by atoms with E-state index in [4.69, 9.17) is 4.42 Å². The molecule has 0 bridgehead atoms. The van der Waals surface area contributed by atoms with Crippen LogP contribution in [0.1, 0.15) is 37.1 Å². The number of carbonyl (C=O) groups excluding carboxylic acids is 1. The second kappa shape index (κ2) is 6.44. The molecule has 0 saturated heterocycles. The molecule has 0 radical (unpaired) electrons. The number of halogens is 1. The highest BCUT2D eigenvalue weighted by Crippen LogP contribution is 2.16. The molecule has 0 aliphatic heterocycles. The molecule has 0 saturated carbocycles. The van der Waals surface area contributed by atoms with Crippen LogP contribution >= 0.6 is 0 Å². The zero-order valence-electron chi connectivity index (χ0n) is 12.7. The van der Waals surface area contributed by atoms with Gasteiger partial charge in [0.25, 0.3) is 5.91 Å². The van der Waals surface area contributed by atoms with E-state index in [1.54, 1.807) is 12.1 Å². The topological polar surface area (TPSA) is 59.3 Å². The maximum atomic E-state index is 12.8. The molecule has 0 spiro atoms. The predicted molar refractivity (Wildman–Crippen MR) is 82.4 cm³/mol. The molecule has 2 aromatic rings. The van der Waals surface area contributed by atoms with E-state index >= 15 is 0 Å². The van der Waals surface area contributed by atoms with Crippen molar-refractivity contribution in [3.05, 3.63) is 53.7 Å². The van der Waals surface area contributed by atoms with Crippen LogP contribution in [0.3, 0.4) is 0 Å². The Morgan fingerprint density at radius 2 is 1.82 bits per heavy atom. The molecule has 1 N–H and O–H groups in total. The molecule has 1 heterocycles. The number of amides is 1. The van der Waals surface area contributed by atoms with Crippen LogP contribution < -0.4 is 5.32 Å².